The smallest absolute Gasteiger partial charge is 0.251 e. The van der Waals surface area contributed by atoms with Gasteiger partial charge in [-0.25, -0.2) is 0 Å². The number of carbonyl (C=O) groups excluding carboxylic acids is 3. The van der Waals surface area contributed by atoms with Crippen molar-refractivity contribution in [3.63, 3.8) is 0 Å². The first kappa shape index (κ1) is 28.7. The number of amides is 3. The van der Waals surface area contributed by atoms with E-state index in [1.807, 2.05) is 78.3 Å². The maximum Gasteiger partial charge on any atom is 0.251 e. The van der Waals surface area contributed by atoms with Crippen LogP contribution in [0.1, 0.15) is 36.5 Å². The standard InChI is InChI=1S/C34H39N3O4S/c1-23-13-14-24(2)26(21-23)36-19-10-16-34-28(31(40)37(18-7-8-20-38)29(34)32(36)41)27-30(39)35(17-9-15-33(27,3)42-34)22-25-11-5-4-6-12-25/h4-6,9-16,21,27-29,38H,7-8,17-20,22H2,1-3H3/t27-,28-,29?,33+,34-/m0/s1. The Balaban J connectivity index is 1.43. The zero-order valence-electron chi connectivity index (χ0n) is 24.5. The fourth-order valence-electron chi connectivity index (χ4n) is 7.38. The molecule has 0 saturated carbocycles. The van der Waals surface area contributed by atoms with Crippen LogP contribution in [-0.4, -0.2) is 74.4 Å². The normalized spacial score (nSPS) is 30.3. The third kappa shape index (κ3) is 4.60. The number of carbonyl (C=O) groups is 3. The summed E-state index contributed by atoms with van der Waals surface area (Å²) >= 11 is 1.61. The average Bonchev–Trinajstić information content (AvgIpc) is 3.24. The van der Waals surface area contributed by atoms with Crippen LogP contribution in [0.3, 0.4) is 0 Å². The lowest BCUT2D eigenvalue weighted by atomic mass is 9.74. The Hall–Kier alpha value is -3.36. The summed E-state index contributed by atoms with van der Waals surface area (Å²) in [5.74, 6) is -1.56. The molecule has 2 saturated heterocycles. The first-order chi connectivity index (χ1) is 20.2. The molecule has 8 heteroatoms. The molecule has 3 amide bonds. The van der Waals surface area contributed by atoms with E-state index in [0.29, 0.717) is 39.0 Å². The van der Waals surface area contributed by atoms with E-state index in [9.17, 15) is 19.5 Å². The Kier molecular flexibility index (Phi) is 7.56. The minimum absolute atomic E-state index is 0.0247. The van der Waals surface area contributed by atoms with E-state index < -0.39 is 27.4 Å². The van der Waals surface area contributed by atoms with E-state index in [1.165, 1.54) is 0 Å². The molecule has 42 heavy (non-hydrogen) atoms. The first-order valence-corrected chi connectivity index (χ1v) is 15.7. The molecule has 4 aliphatic rings. The number of thioether (sulfide) groups is 1. The summed E-state index contributed by atoms with van der Waals surface area (Å²) in [5, 5.41) is 9.50. The van der Waals surface area contributed by atoms with Gasteiger partial charge in [0.1, 0.15) is 6.04 Å². The third-order valence-electron chi connectivity index (χ3n) is 9.32. The van der Waals surface area contributed by atoms with E-state index in [0.717, 1.165) is 22.4 Å². The van der Waals surface area contributed by atoms with Gasteiger partial charge in [0.15, 0.2) is 0 Å². The lowest BCUT2D eigenvalue weighted by Crippen LogP contribution is -2.53. The van der Waals surface area contributed by atoms with Gasteiger partial charge in [-0.3, -0.25) is 14.4 Å². The SMILES string of the molecule is Cc1ccc(C)c(N2CC=C[C@]34S[C@]5(C)C=CCN(Cc6ccccc6)C(=O)[C@@H]5[C@H]3C(=O)N(CCCCO)C4C2=O)c1. The molecular formula is C34H39N3O4S. The van der Waals surface area contributed by atoms with Crippen LogP contribution in [0.2, 0.25) is 0 Å². The summed E-state index contributed by atoms with van der Waals surface area (Å²) < 4.78 is -1.52. The van der Waals surface area contributed by atoms with Gasteiger partial charge in [0.25, 0.3) is 5.91 Å². The zero-order chi connectivity index (χ0) is 29.6. The van der Waals surface area contributed by atoms with Crippen LogP contribution in [0, 0.1) is 25.7 Å². The van der Waals surface area contributed by atoms with Gasteiger partial charge in [-0.1, -0.05) is 66.8 Å². The van der Waals surface area contributed by atoms with Gasteiger partial charge in [0.05, 0.1) is 16.6 Å². The van der Waals surface area contributed by atoms with Crippen LogP contribution in [-0.2, 0) is 20.9 Å². The van der Waals surface area contributed by atoms with Crippen molar-refractivity contribution in [1.82, 2.24) is 9.80 Å². The summed E-state index contributed by atoms with van der Waals surface area (Å²) in [6.45, 7) is 7.81. The number of aliphatic hydroxyl groups is 1. The summed E-state index contributed by atoms with van der Waals surface area (Å²) in [6.07, 6.45) is 9.37. The molecule has 4 heterocycles. The maximum atomic E-state index is 14.7. The summed E-state index contributed by atoms with van der Waals surface area (Å²) in [5.41, 5.74) is 3.95. The molecule has 1 N–H and O–H groups in total. The third-order valence-corrected chi connectivity index (χ3v) is 11.1. The van der Waals surface area contributed by atoms with Crippen LogP contribution in [0.5, 0.6) is 0 Å². The largest absolute Gasteiger partial charge is 0.396 e. The number of hydrogen-bond donors (Lipinski definition) is 1. The van der Waals surface area contributed by atoms with Crippen molar-refractivity contribution in [2.45, 2.75) is 55.7 Å². The van der Waals surface area contributed by atoms with Crippen molar-refractivity contribution in [3.05, 3.63) is 89.5 Å². The van der Waals surface area contributed by atoms with E-state index in [4.69, 9.17) is 0 Å². The molecule has 2 aromatic rings. The van der Waals surface area contributed by atoms with E-state index in [2.05, 4.69) is 25.2 Å². The highest BCUT2D eigenvalue weighted by Gasteiger charge is 2.73. The number of likely N-dealkylation sites (tertiary alicyclic amines) is 1. The summed E-state index contributed by atoms with van der Waals surface area (Å²) in [6, 6.07) is 15.3. The number of fused-ring (bicyclic) bond motifs is 2. The van der Waals surface area contributed by atoms with Crippen LogP contribution < -0.4 is 4.90 Å². The second-order valence-electron chi connectivity index (χ2n) is 12.2. The number of aryl methyl sites for hydroxylation is 2. The lowest BCUT2D eigenvalue weighted by molar-refractivity contribution is -0.144. The highest BCUT2D eigenvalue weighted by atomic mass is 32.2. The van der Waals surface area contributed by atoms with Crippen LogP contribution in [0.15, 0.2) is 72.8 Å². The predicted octanol–water partition coefficient (Wildman–Crippen LogP) is 4.26. The molecular weight excluding hydrogens is 546 g/mol. The Bertz CT molecular complexity index is 1460. The molecule has 220 valence electrons. The van der Waals surface area contributed by atoms with Gasteiger partial charge in [0.2, 0.25) is 11.8 Å². The van der Waals surface area contributed by atoms with Crippen molar-refractivity contribution < 1.29 is 19.5 Å². The quantitative estimate of drug-likeness (QED) is 0.388. The zero-order valence-corrected chi connectivity index (χ0v) is 25.3. The van der Waals surface area contributed by atoms with Gasteiger partial charge < -0.3 is 19.8 Å². The Labute approximate surface area is 252 Å². The molecule has 0 aromatic heterocycles. The molecule has 2 aromatic carbocycles. The summed E-state index contributed by atoms with van der Waals surface area (Å²) in [4.78, 5) is 49.1. The Morgan fingerprint density at radius 3 is 2.43 bits per heavy atom. The number of anilines is 1. The molecule has 0 radical (unpaired) electrons. The number of rotatable bonds is 7. The van der Waals surface area contributed by atoms with Gasteiger partial charge in [0, 0.05) is 43.2 Å². The van der Waals surface area contributed by atoms with Gasteiger partial charge in [-0.05, 0) is 56.4 Å². The highest BCUT2D eigenvalue weighted by Crippen LogP contribution is 2.65. The number of benzene rings is 2. The molecule has 1 spiro atoms. The number of hydrogen-bond acceptors (Lipinski definition) is 5. The second-order valence-corrected chi connectivity index (χ2v) is 14.0. The van der Waals surface area contributed by atoms with Crippen LogP contribution >= 0.6 is 11.8 Å². The van der Waals surface area contributed by atoms with Gasteiger partial charge in [-0.2, -0.15) is 0 Å². The maximum absolute atomic E-state index is 14.7. The van der Waals surface area contributed by atoms with Crippen molar-refractivity contribution in [2.75, 3.05) is 31.1 Å². The number of unbranched alkanes of at least 4 members (excludes halogenated alkanes) is 1. The van der Waals surface area contributed by atoms with Crippen LogP contribution in [0.25, 0.3) is 0 Å². The predicted molar refractivity (Wildman–Crippen MR) is 166 cm³/mol. The van der Waals surface area contributed by atoms with E-state index in [-0.39, 0.29) is 24.3 Å². The number of aliphatic hydroxyl groups excluding tert-OH is 1. The highest BCUT2D eigenvalue weighted by molar-refractivity contribution is 8.02. The Morgan fingerprint density at radius 1 is 0.905 bits per heavy atom. The minimum atomic E-state index is -0.880. The fourth-order valence-corrected chi connectivity index (χ4v) is 9.54. The minimum Gasteiger partial charge on any atom is -0.396 e. The Morgan fingerprint density at radius 2 is 1.67 bits per heavy atom. The van der Waals surface area contributed by atoms with Crippen molar-refractivity contribution in [2.24, 2.45) is 11.8 Å². The number of nitrogens with zero attached hydrogens (tertiary/aromatic N) is 3. The average molecular weight is 586 g/mol. The van der Waals surface area contributed by atoms with Crippen molar-refractivity contribution in [3.8, 4) is 0 Å². The molecule has 4 aliphatic heterocycles. The monoisotopic (exact) mass is 585 g/mol. The van der Waals surface area contributed by atoms with Crippen molar-refractivity contribution >= 4 is 35.2 Å². The molecule has 7 nitrogen and oxygen atoms in total. The van der Waals surface area contributed by atoms with Gasteiger partial charge >= 0.3 is 0 Å². The molecule has 0 aliphatic carbocycles. The lowest BCUT2D eigenvalue weighted by Gasteiger charge is -2.37. The second kappa shape index (κ2) is 11.0. The van der Waals surface area contributed by atoms with Crippen LogP contribution in [0.4, 0.5) is 5.69 Å². The van der Waals surface area contributed by atoms with Crippen molar-refractivity contribution in [1.29, 1.82) is 0 Å². The van der Waals surface area contributed by atoms with Gasteiger partial charge in [-0.15, -0.1) is 11.8 Å². The molecule has 0 bridgehead atoms. The summed E-state index contributed by atoms with van der Waals surface area (Å²) in [7, 11) is 0. The van der Waals surface area contributed by atoms with E-state index >= 15 is 0 Å². The fraction of sp³-hybridized carbons (Fsp3) is 0.441. The molecule has 1 unspecified atom stereocenters. The molecule has 5 atom stereocenters. The molecule has 6 rings (SSSR count). The first-order valence-electron chi connectivity index (χ1n) is 14.9. The molecule has 2 fully saturated rings. The van der Waals surface area contributed by atoms with E-state index in [1.54, 1.807) is 16.7 Å². The topological polar surface area (TPSA) is 81.2 Å².